The Bertz CT molecular complexity index is 426. The van der Waals surface area contributed by atoms with Gasteiger partial charge in [0.2, 0.25) is 0 Å². The largest absolute Gasteiger partial charge is 0.358 e. The Morgan fingerprint density at radius 3 is 1.19 bits per heavy atom. The molecule has 0 unspecified atom stereocenters. The van der Waals surface area contributed by atoms with Gasteiger partial charge in [-0.05, 0) is 119 Å². The van der Waals surface area contributed by atoms with Crippen molar-refractivity contribution >= 4 is 7.92 Å². The Labute approximate surface area is 184 Å². The Balaban J connectivity index is 0.000000900. The third-order valence-corrected chi connectivity index (χ3v) is 14.8. The van der Waals surface area contributed by atoms with Gasteiger partial charge in [0.25, 0.3) is 0 Å². The molecule has 158 valence electrons. The average molecular weight is 481 g/mol. The van der Waals surface area contributed by atoms with Gasteiger partial charge in [-0.25, -0.2) is 0 Å². The zero-order valence-electron chi connectivity index (χ0n) is 17.9. The number of rotatable bonds is 5. The van der Waals surface area contributed by atoms with E-state index in [-0.39, 0.29) is 35.8 Å². The van der Waals surface area contributed by atoms with Crippen LogP contribution < -0.4 is 0 Å². The molecule has 0 nitrogen and oxygen atoms in total. The summed E-state index contributed by atoms with van der Waals surface area (Å²) < 4.78 is 0. The van der Waals surface area contributed by atoms with Crippen molar-refractivity contribution in [2.75, 3.05) is 6.16 Å². The first kappa shape index (κ1) is 21.3. The van der Waals surface area contributed by atoms with E-state index in [1.54, 1.807) is 89.6 Å². The fourth-order valence-corrected chi connectivity index (χ4v) is 16.5. The van der Waals surface area contributed by atoms with Crippen molar-refractivity contribution < 1.29 is 20.4 Å². The topological polar surface area (TPSA) is 0 Å². The van der Waals surface area contributed by atoms with Crippen LogP contribution in [-0.4, -0.2) is 16.5 Å². The molecule has 0 spiro atoms. The molecule has 0 aliphatic heterocycles. The van der Waals surface area contributed by atoms with Crippen molar-refractivity contribution in [1.82, 2.24) is 0 Å². The van der Waals surface area contributed by atoms with Gasteiger partial charge in [0.15, 0.2) is 0 Å². The molecule has 0 saturated heterocycles. The van der Waals surface area contributed by atoms with Crippen LogP contribution in [-0.2, 0) is 20.4 Å². The summed E-state index contributed by atoms with van der Waals surface area (Å²) in [7, 11) is -0.196. The molecule has 8 aliphatic carbocycles. The predicted molar refractivity (Wildman–Crippen MR) is 116 cm³/mol. The second kappa shape index (κ2) is 7.65. The van der Waals surface area contributed by atoms with E-state index in [4.69, 9.17) is 0 Å². The van der Waals surface area contributed by atoms with E-state index >= 15 is 0 Å². The molecule has 8 aliphatic rings. The summed E-state index contributed by atoms with van der Waals surface area (Å²) in [4.78, 5) is 0. The first-order valence-electron chi connectivity index (χ1n) is 12.0. The summed E-state index contributed by atoms with van der Waals surface area (Å²) in [5.41, 5.74) is 0. The molecule has 0 radical (unpaired) electrons. The van der Waals surface area contributed by atoms with Gasteiger partial charge in [-0.2, -0.15) is 0 Å². The van der Waals surface area contributed by atoms with Gasteiger partial charge in [-0.15, -0.1) is 0 Å². The molecule has 0 aromatic rings. The van der Waals surface area contributed by atoms with Crippen molar-refractivity contribution in [3.63, 3.8) is 0 Å². The minimum atomic E-state index is -0.196. The van der Waals surface area contributed by atoms with Gasteiger partial charge in [0.05, 0.1) is 16.5 Å². The van der Waals surface area contributed by atoms with E-state index in [1.165, 1.54) is 41.9 Å². The predicted octanol–water partition coefficient (Wildman–Crippen LogP) is 7.39. The van der Waals surface area contributed by atoms with Crippen LogP contribution in [0.4, 0.5) is 0 Å². The van der Waals surface area contributed by atoms with Crippen LogP contribution in [0, 0.1) is 42.9 Å². The fraction of sp³-hybridized carbons (Fsp3) is 0.960. The van der Waals surface area contributed by atoms with E-state index in [1.807, 2.05) is 0 Å². The molecule has 0 amide bonds. The van der Waals surface area contributed by atoms with Crippen LogP contribution in [0.5, 0.6) is 0 Å². The molecule has 27 heavy (non-hydrogen) atoms. The van der Waals surface area contributed by atoms with E-state index in [9.17, 15) is 0 Å². The summed E-state index contributed by atoms with van der Waals surface area (Å²) in [6.45, 7) is 2.46. The number of unbranched alkanes of at least 4 members (excludes halogenated alkanes) is 1. The van der Waals surface area contributed by atoms with Crippen LogP contribution in [0.25, 0.3) is 0 Å². The molecule has 8 bridgehead atoms. The molecule has 8 rings (SSSR count). The molecular formula is C25H43PPd. The van der Waals surface area contributed by atoms with Crippen LogP contribution in [0.1, 0.15) is 96.8 Å². The summed E-state index contributed by atoms with van der Waals surface area (Å²) >= 11 is 0. The van der Waals surface area contributed by atoms with Crippen molar-refractivity contribution in [1.29, 1.82) is 0 Å². The zero-order chi connectivity index (χ0) is 16.6. The molecular weight excluding hydrogens is 438 g/mol. The maximum atomic E-state index is 2.46. The maximum absolute atomic E-state index is 2.46. The standard InChI is InChI=1S/C24H39P.CH3.Pd/c1-2-3-4-25(23-11-17-5-18(12-23)7-19(6-17)13-23)24-14-20-8-21(15-24)10-22(9-20)16-24;;/h17-22H,2-16H2,1H3;1H3;/q;-1;/p+1. The quantitative estimate of drug-likeness (QED) is 0.219. The smallest absolute Gasteiger partial charge is 0.0790 e. The molecule has 8 saturated carbocycles. The second-order valence-electron chi connectivity index (χ2n) is 12.0. The molecule has 2 heteroatoms. The molecule has 0 atom stereocenters. The summed E-state index contributed by atoms with van der Waals surface area (Å²) in [5.74, 6) is 7.01. The van der Waals surface area contributed by atoms with Gasteiger partial charge in [-0.3, -0.25) is 0 Å². The minimum absolute atomic E-state index is 0. The van der Waals surface area contributed by atoms with Gasteiger partial charge in [0, 0.05) is 28.3 Å². The van der Waals surface area contributed by atoms with Gasteiger partial charge >= 0.3 is 0 Å². The normalized spacial score (nSPS) is 52.3. The van der Waals surface area contributed by atoms with Crippen LogP contribution in [0.2, 0.25) is 0 Å². The second-order valence-corrected chi connectivity index (χ2v) is 15.6. The SMILES string of the molecule is CCCC[PH+](C12CC3CC(CC(C3)C1)C2)C12CC3CC(CC(C3)C1)C2.[CH3-].[Pd]. The zero-order valence-corrected chi connectivity index (χ0v) is 20.4. The monoisotopic (exact) mass is 480 g/mol. The Hall–Kier alpha value is 1.09. The first-order valence-corrected chi connectivity index (χ1v) is 13.7. The Morgan fingerprint density at radius 2 is 0.926 bits per heavy atom. The number of hydrogen-bond acceptors (Lipinski definition) is 0. The van der Waals surface area contributed by atoms with E-state index < -0.39 is 0 Å². The van der Waals surface area contributed by atoms with Gasteiger partial charge in [0.1, 0.15) is 0 Å². The summed E-state index contributed by atoms with van der Waals surface area (Å²) in [6.07, 6.45) is 24.8. The fourth-order valence-electron chi connectivity index (χ4n) is 10.4. The van der Waals surface area contributed by atoms with Crippen molar-refractivity contribution in [2.45, 2.75) is 107 Å². The van der Waals surface area contributed by atoms with Gasteiger partial charge < -0.3 is 7.43 Å². The van der Waals surface area contributed by atoms with E-state index in [0.717, 1.165) is 10.3 Å². The first-order chi connectivity index (χ1) is 12.2. The molecule has 0 N–H and O–H groups in total. The minimum Gasteiger partial charge on any atom is -0.358 e. The molecule has 0 aromatic heterocycles. The molecule has 0 aromatic carbocycles. The van der Waals surface area contributed by atoms with E-state index in [2.05, 4.69) is 6.92 Å². The Morgan fingerprint density at radius 1 is 0.630 bits per heavy atom. The average Bonchev–Trinajstić information content (AvgIpc) is 2.52. The third-order valence-electron chi connectivity index (χ3n) is 10.1. The number of hydrogen-bond donors (Lipinski definition) is 0. The van der Waals surface area contributed by atoms with Crippen LogP contribution in [0.3, 0.4) is 0 Å². The van der Waals surface area contributed by atoms with Crippen molar-refractivity contribution in [2.24, 2.45) is 35.5 Å². The Kier molecular flexibility index (Phi) is 6.05. The van der Waals surface area contributed by atoms with Crippen LogP contribution in [0.15, 0.2) is 0 Å². The summed E-state index contributed by atoms with van der Waals surface area (Å²) in [6, 6.07) is 0. The van der Waals surface area contributed by atoms with Crippen molar-refractivity contribution in [3.05, 3.63) is 7.43 Å². The third kappa shape index (κ3) is 3.38. The van der Waals surface area contributed by atoms with Crippen LogP contribution >= 0.6 is 7.92 Å². The summed E-state index contributed by atoms with van der Waals surface area (Å²) in [5, 5.41) is 1.83. The molecule has 8 fully saturated rings. The molecule has 0 heterocycles. The van der Waals surface area contributed by atoms with Gasteiger partial charge in [-0.1, -0.05) is 13.3 Å². The maximum Gasteiger partial charge on any atom is 0.0790 e. The van der Waals surface area contributed by atoms with E-state index in [0.29, 0.717) is 0 Å². The van der Waals surface area contributed by atoms with Crippen molar-refractivity contribution in [3.8, 4) is 0 Å².